The zero-order valence-electron chi connectivity index (χ0n) is 19.9. The summed E-state index contributed by atoms with van der Waals surface area (Å²) in [7, 11) is 1.69. The average molecular weight is 489 g/mol. The molecular formula is C26H31F3N4O2. The summed E-state index contributed by atoms with van der Waals surface area (Å²) in [5.41, 5.74) is 2.07. The van der Waals surface area contributed by atoms with Gasteiger partial charge in [-0.15, -0.1) is 0 Å². The van der Waals surface area contributed by atoms with Crippen LogP contribution in [0.3, 0.4) is 0 Å². The van der Waals surface area contributed by atoms with E-state index in [1.807, 2.05) is 6.07 Å². The van der Waals surface area contributed by atoms with Gasteiger partial charge in [0.2, 0.25) is 5.91 Å². The Labute approximate surface area is 203 Å². The van der Waals surface area contributed by atoms with Gasteiger partial charge in [0, 0.05) is 24.8 Å². The molecular weight excluding hydrogens is 457 g/mol. The molecule has 5 rings (SSSR count). The Morgan fingerprint density at radius 1 is 1.14 bits per heavy atom. The first kappa shape index (κ1) is 24.1. The number of likely N-dealkylation sites (tertiary alicyclic amines) is 1. The molecule has 3 aliphatic rings. The lowest BCUT2D eigenvalue weighted by Gasteiger charge is -2.33. The van der Waals surface area contributed by atoms with E-state index in [0.717, 1.165) is 31.2 Å². The van der Waals surface area contributed by atoms with Gasteiger partial charge >= 0.3 is 6.18 Å². The lowest BCUT2D eigenvalue weighted by atomic mass is 9.86. The van der Waals surface area contributed by atoms with Crippen molar-refractivity contribution in [1.29, 1.82) is 0 Å². The van der Waals surface area contributed by atoms with Crippen LogP contribution in [0.2, 0.25) is 0 Å². The van der Waals surface area contributed by atoms with Gasteiger partial charge in [-0.05, 0) is 75.4 Å². The highest BCUT2D eigenvalue weighted by atomic mass is 19.4. The maximum Gasteiger partial charge on any atom is 0.408 e. The number of anilines is 3. The van der Waals surface area contributed by atoms with Crippen molar-refractivity contribution in [3.63, 3.8) is 0 Å². The number of aromatic nitrogens is 1. The van der Waals surface area contributed by atoms with Crippen molar-refractivity contribution >= 4 is 23.1 Å². The molecule has 9 heteroatoms. The second-order valence-electron chi connectivity index (χ2n) is 9.73. The van der Waals surface area contributed by atoms with E-state index in [0.29, 0.717) is 43.1 Å². The monoisotopic (exact) mass is 488 g/mol. The first-order valence-electron chi connectivity index (χ1n) is 12.3. The lowest BCUT2D eigenvalue weighted by molar-refractivity contribution is -0.183. The minimum absolute atomic E-state index is 0.0545. The van der Waals surface area contributed by atoms with Crippen molar-refractivity contribution in [1.82, 2.24) is 9.88 Å². The largest absolute Gasteiger partial charge is 0.408 e. The number of alkyl halides is 3. The maximum atomic E-state index is 14.2. The zero-order valence-corrected chi connectivity index (χ0v) is 19.9. The van der Waals surface area contributed by atoms with Gasteiger partial charge in [-0.2, -0.15) is 13.2 Å². The highest BCUT2D eigenvalue weighted by Crippen LogP contribution is 2.44. The van der Waals surface area contributed by atoms with Gasteiger partial charge in [0.05, 0.1) is 24.0 Å². The van der Waals surface area contributed by atoms with E-state index in [2.05, 4.69) is 10.3 Å². The molecule has 1 atom stereocenters. The summed E-state index contributed by atoms with van der Waals surface area (Å²) in [4.78, 5) is 21.4. The number of nitrogens with zero attached hydrogens (tertiary/aromatic N) is 3. The van der Waals surface area contributed by atoms with Gasteiger partial charge in [0.25, 0.3) is 0 Å². The molecule has 0 radical (unpaired) electrons. The Balaban J connectivity index is 1.54. The molecule has 1 aliphatic carbocycles. The molecule has 35 heavy (non-hydrogen) atoms. The zero-order chi connectivity index (χ0) is 24.6. The van der Waals surface area contributed by atoms with Crippen molar-refractivity contribution in [2.75, 3.05) is 30.4 Å². The Bertz CT molecular complexity index is 1060. The Morgan fingerprint density at radius 3 is 2.57 bits per heavy atom. The van der Waals surface area contributed by atoms with Crippen LogP contribution in [0.4, 0.5) is 30.4 Å². The molecule has 3 heterocycles. The number of rotatable bonds is 4. The standard InChI is InChI=1S/C26H31F3N4O2/c1-35-20-9-6-17(7-10-20)25(34)33-16-19-5-4-12-30-24(19)31-21-11-8-18(15-22(21)33)23(26(27,28)29)32-13-2-3-14-32/h4-5,8,11-12,15,17,20,23H,2-3,6-7,9-10,13-14,16H2,1H3,(H,30,31)/t17-,20+,23?. The molecule has 188 valence electrons. The minimum Gasteiger partial charge on any atom is -0.381 e. The summed E-state index contributed by atoms with van der Waals surface area (Å²) in [5, 5.41) is 3.26. The number of fused-ring (bicyclic) bond motifs is 2. The first-order valence-corrected chi connectivity index (χ1v) is 12.3. The fourth-order valence-electron chi connectivity index (χ4n) is 5.68. The SMILES string of the molecule is CO[C@H]1CC[C@@H](C(=O)N2Cc3cccnc3Nc3ccc(C(N4CCCC4)C(F)(F)F)cc32)CC1. The molecule has 0 spiro atoms. The summed E-state index contributed by atoms with van der Waals surface area (Å²) in [6.07, 6.45) is 1.94. The van der Waals surface area contributed by atoms with Gasteiger partial charge in [-0.3, -0.25) is 9.69 Å². The van der Waals surface area contributed by atoms with Gasteiger partial charge in [0.15, 0.2) is 0 Å². The summed E-state index contributed by atoms with van der Waals surface area (Å²) in [6.45, 7) is 1.09. The number of carbonyl (C=O) groups is 1. The Kier molecular flexibility index (Phi) is 6.72. The number of benzene rings is 1. The van der Waals surface area contributed by atoms with Crippen LogP contribution in [0.25, 0.3) is 0 Å². The third-order valence-electron chi connectivity index (χ3n) is 7.54. The summed E-state index contributed by atoms with van der Waals surface area (Å²) >= 11 is 0. The third-order valence-corrected chi connectivity index (χ3v) is 7.54. The van der Waals surface area contributed by atoms with E-state index in [1.165, 1.54) is 11.0 Å². The van der Waals surface area contributed by atoms with Gasteiger partial charge in [-0.25, -0.2) is 4.98 Å². The molecule has 1 N–H and O–H groups in total. The fourth-order valence-corrected chi connectivity index (χ4v) is 5.68. The quantitative estimate of drug-likeness (QED) is 0.609. The van der Waals surface area contributed by atoms with Gasteiger partial charge in [-0.1, -0.05) is 12.1 Å². The van der Waals surface area contributed by atoms with Crippen LogP contribution in [0.5, 0.6) is 0 Å². The molecule has 1 aromatic heterocycles. The predicted octanol–water partition coefficient (Wildman–Crippen LogP) is 5.58. The number of nitrogens with one attached hydrogen (secondary N) is 1. The molecule has 2 aliphatic heterocycles. The van der Waals surface area contributed by atoms with E-state index in [9.17, 15) is 18.0 Å². The molecule has 2 fully saturated rings. The van der Waals surface area contributed by atoms with Crippen LogP contribution < -0.4 is 10.2 Å². The van der Waals surface area contributed by atoms with Gasteiger partial charge < -0.3 is 15.0 Å². The number of amides is 1. The molecule has 1 saturated carbocycles. The number of hydrogen-bond acceptors (Lipinski definition) is 5. The van der Waals surface area contributed by atoms with E-state index in [-0.39, 0.29) is 30.0 Å². The smallest absolute Gasteiger partial charge is 0.381 e. The van der Waals surface area contributed by atoms with E-state index >= 15 is 0 Å². The van der Waals surface area contributed by atoms with Crippen molar-refractivity contribution in [3.05, 3.63) is 47.7 Å². The molecule has 2 aromatic rings. The predicted molar refractivity (Wildman–Crippen MR) is 128 cm³/mol. The second-order valence-corrected chi connectivity index (χ2v) is 9.73. The van der Waals surface area contributed by atoms with Crippen molar-refractivity contribution in [2.45, 2.75) is 63.4 Å². The van der Waals surface area contributed by atoms with Crippen LogP contribution >= 0.6 is 0 Å². The van der Waals surface area contributed by atoms with Crippen LogP contribution in [0, 0.1) is 5.92 Å². The van der Waals surface area contributed by atoms with Crippen molar-refractivity contribution in [2.24, 2.45) is 5.92 Å². The van der Waals surface area contributed by atoms with E-state index in [4.69, 9.17) is 4.74 Å². The highest BCUT2D eigenvalue weighted by molar-refractivity contribution is 5.99. The molecule has 1 unspecified atom stereocenters. The molecule has 1 amide bonds. The number of halogens is 3. The first-order chi connectivity index (χ1) is 16.8. The summed E-state index contributed by atoms with van der Waals surface area (Å²) in [5.74, 6) is 0.376. The molecule has 1 aromatic carbocycles. The number of ether oxygens (including phenoxy) is 1. The Hall–Kier alpha value is -2.65. The number of hydrogen-bond donors (Lipinski definition) is 1. The topological polar surface area (TPSA) is 57.7 Å². The average Bonchev–Trinajstić information content (AvgIpc) is 3.31. The van der Waals surface area contributed by atoms with Crippen molar-refractivity contribution in [3.8, 4) is 0 Å². The number of carbonyl (C=O) groups excluding carboxylic acids is 1. The lowest BCUT2D eigenvalue weighted by Crippen LogP contribution is -2.39. The molecule has 1 saturated heterocycles. The highest BCUT2D eigenvalue weighted by Gasteiger charge is 2.46. The second kappa shape index (κ2) is 9.78. The summed E-state index contributed by atoms with van der Waals surface area (Å²) < 4.78 is 48.2. The van der Waals surface area contributed by atoms with Crippen LogP contribution in [-0.4, -0.2) is 48.3 Å². The maximum absolute atomic E-state index is 14.2. The third kappa shape index (κ3) is 4.89. The minimum atomic E-state index is -4.41. The van der Waals surface area contributed by atoms with E-state index < -0.39 is 12.2 Å². The normalized spacial score (nSPS) is 23.7. The fraction of sp³-hybridized carbons (Fsp3) is 0.538. The molecule has 6 nitrogen and oxygen atoms in total. The Morgan fingerprint density at radius 2 is 1.89 bits per heavy atom. The number of pyridine rings is 1. The van der Waals surface area contributed by atoms with Crippen molar-refractivity contribution < 1.29 is 22.7 Å². The number of methoxy groups -OCH3 is 1. The van der Waals surface area contributed by atoms with E-state index in [1.54, 1.807) is 36.4 Å². The summed E-state index contributed by atoms with van der Waals surface area (Å²) in [6, 6.07) is 6.76. The molecule has 0 bridgehead atoms. The van der Waals surface area contributed by atoms with Gasteiger partial charge in [0.1, 0.15) is 11.9 Å². The van der Waals surface area contributed by atoms with Crippen LogP contribution in [-0.2, 0) is 16.1 Å². The van der Waals surface area contributed by atoms with Crippen LogP contribution in [0.1, 0.15) is 55.7 Å². The van der Waals surface area contributed by atoms with Crippen LogP contribution in [0.15, 0.2) is 36.5 Å².